The van der Waals surface area contributed by atoms with Crippen molar-refractivity contribution in [2.75, 3.05) is 38.5 Å². The molecule has 0 bridgehead atoms. The zero-order chi connectivity index (χ0) is 31.8. The molecule has 0 radical (unpaired) electrons. The molecule has 11 nitrogen and oxygen atoms in total. The van der Waals surface area contributed by atoms with E-state index in [1.54, 1.807) is 41.8 Å². The summed E-state index contributed by atoms with van der Waals surface area (Å²) in [5.74, 6) is -2.58. The van der Waals surface area contributed by atoms with E-state index in [1.807, 2.05) is 14.0 Å². The van der Waals surface area contributed by atoms with Crippen LogP contribution in [0.2, 0.25) is 0 Å². The lowest BCUT2D eigenvalue weighted by Crippen LogP contribution is -2.55. The minimum absolute atomic E-state index is 0.0147. The van der Waals surface area contributed by atoms with Crippen molar-refractivity contribution < 1.29 is 23.6 Å². The van der Waals surface area contributed by atoms with Gasteiger partial charge < -0.3 is 25.8 Å². The molecule has 4 rings (SSSR count). The Morgan fingerprint density at radius 3 is 2.34 bits per heavy atom. The standard InChI is InChI=1S/C32H46FN7O4/c1-5-27(41)36-28(32(44)39-18-16-38(4)17-19-39)21(3)23-12-13-25(24(33)20-23)35-31(43)29(22-10-8-7-9-11-22)37-30(42)26-14-15-34-40(26)6-2/h12-15,20-22,28-29H,5-11,16-19H2,1-4H3,(H,35,43)(H,36,41)(H,37,42). The number of hydrogen-bond donors (Lipinski definition) is 3. The highest BCUT2D eigenvalue weighted by Crippen LogP contribution is 2.29. The summed E-state index contributed by atoms with van der Waals surface area (Å²) < 4.78 is 17.1. The fraction of sp³-hybridized carbons (Fsp3) is 0.594. The second-order valence-corrected chi connectivity index (χ2v) is 11.9. The lowest BCUT2D eigenvalue weighted by atomic mass is 9.83. The second kappa shape index (κ2) is 15.3. The highest BCUT2D eigenvalue weighted by Gasteiger charge is 2.34. The molecule has 0 spiro atoms. The Hall–Kier alpha value is -3.80. The van der Waals surface area contributed by atoms with Gasteiger partial charge in [-0.05, 0) is 56.5 Å². The van der Waals surface area contributed by atoms with Gasteiger partial charge in [0.1, 0.15) is 23.6 Å². The zero-order valence-electron chi connectivity index (χ0n) is 26.3. The van der Waals surface area contributed by atoms with Crippen LogP contribution in [0.5, 0.6) is 0 Å². The first-order valence-electron chi connectivity index (χ1n) is 15.8. The minimum Gasteiger partial charge on any atom is -0.344 e. The highest BCUT2D eigenvalue weighted by atomic mass is 19.1. The molecule has 4 amide bonds. The first-order chi connectivity index (χ1) is 21.1. The van der Waals surface area contributed by atoms with E-state index >= 15 is 4.39 Å². The third-order valence-corrected chi connectivity index (χ3v) is 8.93. The second-order valence-electron chi connectivity index (χ2n) is 11.9. The monoisotopic (exact) mass is 611 g/mol. The van der Waals surface area contributed by atoms with Crippen LogP contribution < -0.4 is 16.0 Å². The van der Waals surface area contributed by atoms with Crippen molar-refractivity contribution in [3.8, 4) is 0 Å². The highest BCUT2D eigenvalue weighted by molar-refractivity contribution is 6.00. The zero-order valence-corrected chi connectivity index (χ0v) is 26.3. The molecule has 1 aromatic carbocycles. The summed E-state index contributed by atoms with van der Waals surface area (Å²) in [5, 5.41) is 12.6. The Balaban J connectivity index is 1.51. The summed E-state index contributed by atoms with van der Waals surface area (Å²) in [4.78, 5) is 56.5. The number of nitrogens with one attached hydrogen (secondary N) is 3. The first-order valence-corrected chi connectivity index (χ1v) is 15.8. The van der Waals surface area contributed by atoms with Gasteiger partial charge in [-0.1, -0.05) is 39.2 Å². The fourth-order valence-corrected chi connectivity index (χ4v) is 6.08. The van der Waals surface area contributed by atoms with Gasteiger partial charge in [-0.2, -0.15) is 5.10 Å². The Morgan fingerprint density at radius 1 is 1.00 bits per heavy atom. The van der Waals surface area contributed by atoms with Crippen molar-refractivity contribution in [3.05, 3.63) is 47.5 Å². The van der Waals surface area contributed by atoms with E-state index < -0.39 is 35.6 Å². The molecule has 2 aromatic rings. The Labute approximate surface area is 258 Å². The quantitative estimate of drug-likeness (QED) is 0.358. The number of amides is 4. The number of aryl methyl sites for hydroxylation is 1. The number of benzene rings is 1. The minimum atomic E-state index is -0.854. The van der Waals surface area contributed by atoms with Gasteiger partial charge in [-0.25, -0.2) is 4.39 Å². The molecular weight excluding hydrogens is 565 g/mol. The van der Waals surface area contributed by atoms with E-state index in [0.29, 0.717) is 30.9 Å². The van der Waals surface area contributed by atoms with Gasteiger partial charge in [0.05, 0.1) is 5.69 Å². The van der Waals surface area contributed by atoms with Crippen molar-refractivity contribution in [1.29, 1.82) is 0 Å². The van der Waals surface area contributed by atoms with Crippen LogP contribution in [0.4, 0.5) is 10.1 Å². The van der Waals surface area contributed by atoms with E-state index in [4.69, 9.17) is 0 Å². The molecule has 1 aliphatic carbocycles. The van der Waals surface area contributed by atoms with Gasteiger partial charge in [0.2, 0.25) is 17.7 Å². The van der Waals surface area contributed by atoms with Gasteiger partial charge in [0.15, 0.2) is 0 Å². The summed E-state index contributed by atoms with van der Waals surface area (Å²) in [6, 6.07) is 4.36. The van der Waals surface area contributed by atoms with Crippen LogP contribution in [0.1, 0.15) is 81.3 Å². The molecule has 1 aromatic heterocycles. The maximum Gasteiger partial charge on any atom is 0.270 e. The fourth-order valence-electron chi connectivity index (χ4n) is 6.08. The maximum atomic E-state index is 15.5. The van der Waals surface area contributed by atoms with Gasteiger partial charge >= 0.3 is 0 Å². The Kier molecular flexibility index (Phi) is 11.5. The SMILES string of the molecule is CCC(=O)NC(C(=O)N1CCN(C)CC1)C(C)c1ccc(NC(=O)C(NC(=O)c2ccnn2CC)C2CCCCC2)c(F)c1. The van der Waals surface area contributed by atoms with Crippen LogP contribution in [0.15, 0.2) is 30.5 Å². The van der Waals surface area contributed by atoms with Crippen LogP contribution in [0, 0.1) is 11.7 Å². The van der Waals surface area contributed by atoms with Crippen LogP contribution in [0.25, 0.3) is 0 Å². The maximum absolute atomic E-state index is 15.5. The molecule has 2 aliphatic rings. The lowest BCUT2D eigenvalue weighted by molar-refractivity contribution is -0.138. The van der Waals surface area contributed by atoms with Crippen molar-refractivity contribution in [3.63, 3.8) is 0 Å². The van der Waals surface area contributed by atoms with E-state index in [2.05, 4.69) is 25.9 Å². The molecule has 2 fully saturated rings. The summed E-state index contributed by atoms with van der Waals surface area (Å²) in [7, 11) is 2.00. The summed E-state index contributed by atoms with van der Waals surface area (Å²) in [6.07, 6.45) is 6.34. The lowest BCUT2D eigenvalue weighted by Gasteiger charge is -2.36. The van der Waals surface area contributed by atoms with E-state index in [9.17, 15) is 19.2 Å². The van der Waals surface area contributed by atoms with Gasteiger partial charge in [-0.3, -0.25) is 23.9 Å². The van der Waals surface area contributed by atoms with E-state index in [1.165, 1.54) is 12.1 Å². The molecular formula is C32H46FN7O4. The predicted octanol–water partition coefficient (Wildman–Crippen LogP) is 3.13. The normalized spacial score (nSPS) is 18.2. The van der Waals surface area contributed by atoms with E-state index in [-0.39, 0.29) is 29.8 Å². The smallest absolute Gasteiger partial charge is 0.270 e. The molecule has 2 heterocycles. The number of nitrogens with zero attached hydrogens (tertiary/aromatic N) is 4. The molecule has 44 heavy (non-hydrogen) atoms. The number of carbonyl (C=O) groups is 4. The molecule has 3 N–H and O–H groups in total. The number of aromatic nitrogens is 2. The number of hydrogen-bond acceptors (Lipinski definition) is 6. The largest absolute Gasteiger partial charge is 0.344 e. The molecule has 240 valence electrons. The van der Waals surface area contributed by atoms with Gasteiger partial charge in [0, 0.05) is 51.3 Å². The molecule has 1 saturated carbocycles. The van der Waals surface area contributed by atoms with Gasteiger partial charge in [-0.15, -0.1) is 0 Å². The first kappa shape index (κ1) is 33.1. The summed E-state index contributed by atoms with van der Waals surface area (Å²) >= 11 is 0. The van der Waals surface area contributed by atoms with Crippen LogP contribution >= 0.6 is 0 Å². The predicted molar refractivity (Wildman–Crippen MR) is 165 cm³/mol. The van der Waals surface area contributed by atoms with E-state index in [0.717, 1.165) is 45.2 Å². The third kappa shape index (κ3) is 8.02. The Bertz CT molecular complexity index is 1320. The van der Waals surface area contributed by atoms with Gasteiger partial charge in [0.25, 0.3) is 5.91 Å². The summed E-state index contributed by atoms with van der Waals surface area (Å²) in [5.41, 5.74) is 0.870. The number of rotatable bonds is 11. The number of likely N-dealkylation sites (N-methyl/N-ethyl adjacent to an activating group) is 1. The van der Waals surface area contributed by atoms with Crippen molar-refractivity contribution in [2.24, 2.45) is 5.92 Å². The molecule has 3 unspecified atom stereocenters. The van der Waals surface area contributed by atoms with Crippen molar-refractivity contribution >= 4 is 29.3 Å². The molecule has 1 aliphatic heterocycles. The number of anilines is 1. The number of carbonyl (C=O) groups excluding carboxylic acids is 4. The Morgan fingerprint density at radius 2 is 1.70 bits per heavy atom. The van der Waals surface area contributed by atoms with Crippen LogP contribution in [-0.4, -0.2) is 88.5 Å². The third-order valence-electron chi connectivity index (χ3n) is 8.93. The van der Waals surface area contributed by atoms with Crippen molar-refractivity contribution in [1.82, 2.24) is 30.2 Å². The summed E-state index contributed by atoms with van der Waals surface area (Å²) in [6.45, 7) is 8.48. The number of halogens is 1. The molecule has 1 saturated heterocycles. The molecule has 3 atom stereocenters. The molecule has 12 heteroatoms. The van der Waals surface area contributed by atoms with Crippen LogP contribution in [0.3, 0.4) is 0 Å². The van der Waals surface area contributed by atoms with Crippen molar-refractivity contribution in [2.45, 2.75) is 83.8 Å². The average Bonchev–Trinajstić information content (AvgIpc) is 3.52. The van der Waals surface area contributed by atoms with Crippen LogP contribution in [-0.2, 0) is 20.9 Å². The topological polar surface area (TPSA) is 129 Å². The average molecular weight is 612 g/mol. The number of piperazine rings is 1.